The Labute approximate surface area is 145 Å². The molecule has 0 radical (unpaired) electrons. The van der Waals surface area contributed by atoms with Crippen molar-refractivity contribution in [2.24, 2.45) is 0 Å². The maximum Gasteiger partial charge on any atom is 0.335 e. The van der Waals surface area contributed by atoms with Crippen LogP contribution in [0.2, 0.25) is 0 Å². The molecule has 8 nitrogen and oxygen atoms in total. The van der Waals surface area contributed by atoms with Gasteiger partial charge in [0, 0.05) is 20.3 Å². The van der Waals surface area contributed by atoms with E-state index in [0.29, 0.717) is 31.0 Å². The predicted molar refractivity (Wildman–Crippen MR) is 91.1 cm³/mol. The molecule has 0 spiro atoms. The highest BCUT2D eigenvalue weighted by molar-refractivity contribution is 7.89. The second-order valence-electron chi connectivity index (χ2n) is 5.19. The number of sulfonamides is 1. The minimum atomic E-state index is -3.93. The highest BCUT2D eigenvalue weighted by atomic mass is 32.2. The fraction of sp³-hybridized carbons (Fsp3) is 0.312. The fourth-order valence-corrected chi connectivity index (χ4v) is 3.32. The molecule has 0 unspecified atom stereocenters. The van der Waals surface area contributed by atoms with E-state index in [1.54, 1.807) is 19.2 Å². The quantitative estimate of drug-likeness (QED) is 0.548. The average Bonchev–Trinajstić information content (AvgIpc) is 3.10. The number of anilines is 1. The molecule has 0 saturated heterocycles. The van der Waals surface area contributed by atoms with Crippen molar-refractivity contribution in [2.45, 2.75) is 17.9 Å². The van der Waals surface area contributed by atoms with Gasteiger partial charge in [-0.05, 0) is 36.8 Å². The summed E-state index contributed by atoms with van der Waals surface area (Å²) >= 11 is 0. The summed E-state index contributed by atoms with van der Waals surface area (Å²) in [7, 11) is -2.35. The van der Waals surface area contributed by atoms with Crippen molar-refractivity contribution in [3.63, 3.8) is 0 Å². The molecule has 136 valence electrons. The molecular weight excluding hydrogens is 348 g/mol. The van der Waals surface area contributed by atoms with Gasteiger partial charge in [-0.1, -0.05) is 0 Å². The lowest BCUT2D eigenvalue weighted by molar-refractivity contribution is 0.0696. The lowest BCUT2D eigenvalue weighted by atomic mass is 10.2. The zero-order valence-electron chi connectivity index (χ0n) is 13.7. The molecule has 2 aromatic rings. The average molecular weight is 368 g/mol. The van der Waals surface area contributed by atoms with Crippen LogP contribution in [0.3, 0.4) is 0 Å². The van der Waals surface area contributed by atoms with Gasteiger partial charge in [-0.2, -0.15) is 0 Å². The van der Waals surface area contributed by atoms with Gasteiger partial charge in [-0.3, -0.25) is 0 Å². The molecule has 2 rings (SSSR count). The van der Waals surface area contributed by atoms with Crippen LogP contribution in [0.4, 0.5) is 5.69 Å². The third kappa shape index (κ3) is 5.31. The fourth-order valence-electron chi connectivity index (χ4n) is 2.12. The van der Waals surface area contributed by atoms with Crippen LogP contribution in [0.1, 0.15) is 22.5 Å². The van der Waals surface area contributed by atoms with E-state index < -0.39 is 16.0 Å². The van der Waals surface area contributed by atoms with E-state index in [9.17, 15) is 13.2 Å². The Balaban J connectivity index is 2.23. The van der Waals surface area contributed by atoms with Gasteiger partial charge < -0.3 is 19.6 Å². The molecular formula is C16H20N2O6S. The van der Waals surface area contributed by atoms with E-state index in [4.69, 9.17) is 14.3 Å². The highest BCUT2D eigenvalue weighted by Crippen LogP contribution is 2.23. The molecule has 0 amide bonds. The number of nitrogens with one attached hydrogen (secondary N) is 2. The van der Waals surface area contributed by atoms with Crippen LogP contribution in [0.25, 0.3) is 0 Å². The van der Waals surface area contributed by atoms with E-state index in [0.717, 1.165) is 6.07 Å². The van der Waals surface area contributed by atoms with Gasteiger partial charge in [0.05, 0.1) is 24.1 Å². The van der Waals surface area contributed by atoms with E-state index in [-0.39, 0.29) is 17.0 Å². The minimum Gasteiger partial charge on any atom is -0.478 e. The number of carboxylic acid groups (broad SMARTS) is 1. The van der Waals surface area contributed by atoms with Crippen molar-refractivity contribution in [3.05, 3.63) is 47.9 Å². The van der Waals surface area contributed by atoms with E-state index in [1.165, 1.54) is 18.4 Å². The maximum absolute atomic E-state index is 12.6. The predicted octanol–water partition coefficient (Wildman–Crippen LogP) is 1.90. The summed E-state index contributed by atoms with van der Waals surface area (Å²) in [6.45, 7) is 0.982. The third-order valence-electron chi connectivity index (χ3n) is 3.38. The van der Waals surface area contributed by atoms with Gasteiger partial charge >= 0.3 is 5.97 Å². The van der Waals surface area contributed by atoms with Gasteiger partial charge in [-0.15, -0.1) is 0 Å². The first-order valence-corrected chi connectivity index (χ1v) is 9.04. The molecule has 1 aromatic heterocycles. The normalized spacial score (nSPS) is 11.4. The maximum atomic E-state index is 12.6. The zero-order chi connectivity index (χ0) is 18.3. The third-order valence-corrected chi connectivity index (χ3v) is 4.82. The number of methoxy groups -OCH3 is 1. The highest BCUT2D eigenvalue weighted by Gasteiger charge is 2.21. The molecule has 0 fully saturated rings. The summed E-state index contributed by atoms with van der Waals surface area (Å²) in [5.74, 6) is -0.749. The molecule has 25 heavy (non-hydrogen) atoms. The number of ether oxygens (including phenoxy) is 1. The van der Waals surface area contributed by atoms with Gasteiger partial charge in [0.25, 0.3) is 0 Å². The van der Waals surface area contributed by atoms with Crippen LogP contribution in [-0.4, -0.2) is 39.8 Å². The Morgan fingerprint density at radius 2 is 2.12 bits per heavy atom. The number of furan rings is 1. The van der Waals surface area contributed by atoms with Crippen molar-refractivity contribution >= 4 is 21.7 Å². The van der Waals surface area contributed by atoms with Crippen LogP contribution >= 0.6 is 0 Å². The molecule has 9 heteroatoms. The summed E-state index contributed by atoms with van der Waals surface area (Å²) in [6, 6.07) is 7.22. The second-order valence-corrected chi connectivity index (χ2v) is 6.93. The molecule has 0 saturated carbocycles. The standard InChI is InChI=1S/C16H20N2O6S/c1-23-8-3-7-17-14-6-5-12(16(19)20)10-15(14)25(21,22)18-11-13-4-2-9-24-13/h2,4-6,9-10,17-18H,3,7-8,11H2,1H3,(H,19,20). The summed E-state index contributed by atoms with van der Waals surface area (Å²) in [6.07, 6.45) is 2.12. The number of carboxylic acids is 1. The SMILES string of the molecule is COCCCNc1ccc(C(=O)O)cc1S(=O)(=O)NCc1ccco1. The summed E-state index contributed by atoms with van der Waals surface area (Å²) < 4.78 is 37.7. The zero-order valence-corrected chi connectivity index (χ0v) is 14.5. The number of aromatic carboxylic acids is 1. The van der Waals surface area contributed by atoms with E-state index in [2.05, 4.69) is 10.0 Å². The first kappa shape index (κ1) is 19.0. The largest absolute Gasteiger partial charge is 0.478 e. The molecule has 0 aliphatic rings. The van der Waals surface area contributed by atoms with Crippen molar-refractivity contribution in [1.82, 2.24) is 4.72 Å². The second kappa shape index (κ2) is 8.65. The smallest absolute Gasteiger partial charge is 0.335 e. The Morgan fingerprint density at radius 3 is 2.76 bits per heavy atom. The van der Waals surface area contributed by atoms with E-state index >= 15 is 0 Å². The molecule has 0 bridgehead atoms. The van der Waals surface area contributed by atoms with Gasteiger partial charge in [0.1, 0.15) is 10.7 Å². The minimum absolute atomic E-state index is 0.0320. The number of benzene rings is 1. The van der Waals surface area contributed by atoms with Crippen molar-refractivity contribution in [3.8, 4) is 0 Å². The monoisotopic (exact) mass is 368 g/mol. The summed E-state index contributed by atoms with van der Waals surface area (Å²) in [5.41, 5.74) is 0.217. The summed E-state index contributed by atoms with van der Waals surface area (Å²) in [4.78, 5) is 11.0. The molecule has 0 atom stereocenters. The van der Waals surface area contributed by atoms with Crippen molar-refractivity contribution in [1.29, 1.82) is 0 Å². The first-order chi connectivity index (χ1) is 11.9. The van der Waals surface area contributed by atoms with E-state index in [1.807, 2.05) is 0 Å². The number of rotatable bonds is 10. The molecule has 1 heterocycles. The topological polar surface area (TPSA) is 118 Å². The van der Waals surface area contributed by atoms with Crippen molar-refractivity contribution in [2.75, 3.05) is 25.6 Å². The van der Waals surface area contributed by atoms with Crippen molar-refractivity contribution < 1.29 is 27.5 Å². The molecule has 0 aliphatic carbocycles. The summed E-state index contributed by atoms with van der Waals surface area (Å²) in [5, 5.41) is 12.1. The van der Waals surface area contributed by atoms with Crippen LogP contribution < -0.4 is 10.0 Å². The Hall–Kier alpha value is -2.36. The van der Waals surface area contributed by atoms with Gasteiger partial charge in [0.15, 0.2) is 0 Å². The Kier molecular flexibility index (Phi) is 6.57. The first-order valence-electron chi connectivity index (χ1n) is 7.56. The number of carbonyl (C=O) groups is 1. The molecule has 0 aliphatic heterocycles. The number of hydrogen-bond acceptors (Lipinski definition) is 6. The Morgan fingerprint density at radius 1 is 1.32 bits per heavy atom. The van der Waals surface area contributed by atoms with Crippen LogP contribution in [0.15, 0.2) is 45.9 Å². The van der Waals surface area contributed by atoms with Crippen LogP contribution in [-0.2, 0) is 21.3 Å². The lowest BCUT2D eigenvalue weighted by Crippen LogP contribution is -2.24. The number of hydrogen-bond donors (Lipinski definition) is 3. The van der Waals surface area contributed by atoms with Gasteiger partial charge in [-0.25, -0.2) is 17.9 Å². The lowest BCUT2D eigenvalue weighted by Gasteiger charge is -2.14. The molecule has 1 aromatic carbocycles. The van der Waals surface area contributed by atoms with Gasteiger partial charge in [0.2, 0.25) is 10.0 Å². The van der Waals surface area contributed by atoms with Crippen LogP contribution in [0.5, 0.6) is 0 Å². The Bertz CT molecular complexity index is 802. The molecule has 3 N–H and O–H groups in total. The van der Waals surface area contributed by atoms with Crippen LogP contribution in [0, 0.1) is 0 Å².